The van der Waals surface area contributed by atoms with E-state index in [0.29, 0.717) is 18.1 Å². The summed E-state index contributed by atoms with van der Waals surface area (Å²) in [6, 6.07) is 0. The highest BCUT2D eigenvalue weighted by molar-refractivity contribution is 5.92. The standard InChI is InChI=1S/C9H14O2/c1-9-5-7(9)4-6(2-3-10)8(9)11/h6-7,10H,2-5H2,1H3. The average molecular weight is 154 g/mol. The van der Waals surface area contributed by atoms with Crippen LogP contribution in [0, 0.1) is 17.3 Å². The van der Waals surface area contributed by atoms with Gasteiger partial charge in [-0.05, 0) is 25.2 Å². The molecule has 2 saturated carbocycles. The second kappa shape index (κ2) is 2.07. The number of hydrogen-bond donors (Lipinski definition) is 1. The summed E-state index contributed by atoms with van der Waals surface area (Å²) in [5.41, 5.74) is 0.0415. The molecule has 0 aromatic heterocycles. The highest BCUT2D eigenvalue weighted by Gasteiger charge is 2.62. The van der Waals surface area contributed by atoms with Gasteiger partial charge in [-0.2, -0.15) is 0 Å². The Morgan fingerprint density at radius 3 is 2.91 bits per heavy atom. The molecule has 2 aliphatic carbocycles. The molecule has 0 heterocycles. The number of rotatable bonds is 2. The fourth-order valence-electron chi connectivity index (χ4n) is 2.42. The van der Waals surface area contributed by atoms with Crippen LogP contribution < -0.4 is 0 Å². The highest BCUT2D eigenvalue weighted by atomic mass is 16.3. The molecule has 62 valence electrons. The molecule has 1 N–H and O–H groups in total. The van der Waals surface area contributed by atoms with E-state index in [0.717, 1.165) is 12.8 Å². The third-order valence-corrected chi connectivity index (χ3v) is 3.39. The molecule has 2 heteroatoms. The first-order valence-electron chi connectivity index (χ1n) is 4.33. The van der Waals surface area contributed by atoms with E-state index >= 15 is 0 Å². The van der Waals surface area contributed by atoms with Crippen molar-refractivity contribution in [1.82, 2.24) is 0 Å². The van der Waals surface area contributed by atoms with Crippen molar-refractivity contribution in [2.45, 2.75) is 26.2 Å². The molecule has 0 aliphatic heterocycles. The molecule has 2 rings (SSSR count). The summed E-state index contributed by atoms with van der Waals surface area (Å²) in [5.74, 6) is 1.26. The number of fused-ring (bicyclic) bond motifs is 1. The van der Waals surface area contributed by atoms with Crippen LogP contribution in [0.2, 0.25) is 0 Å². The van der Waals surface area contributed by atoms with Crippen LogP contribution in [0.15, 0.2) is 0 Å². The van der Waals surface area contributed by atoms with Crippen LogP contribution >= 0.6 is 0 Å². The molecule has 0 radical (unpaired) electrons. The Labute approximate surface area is 66.6 Å². The number of carbonyl (C=O) groups excluding carboxylic acids is 1. The Morgan fingerprint density at radius 1 is 1.73 bits per heavy atom. The molecular formula is C9H14O2. The van der Waals surface area contributed by atoms with Gasteiger partial charge in [-0.15, -0.1) is 0 Å². The van der Waals surface area contributed by atoms with Crippen LogP contribution in [0.3, 0.4) is 0 Å². The van der Waals surface area contributed by atoms with E-state index in [9.17, 15) is 4.79 Å². The van der Waals surface area contributed by atoms with E-state index in [1.54, 1.807) is 0 Å². The third kappa shape index (κ3) is 0.853. The van der Waals surface area contributed by atoms with E-state index in [1.807, 2.05) is 0 Å². The highest BCUT2D eigenvalue weighted by Crippen LogP contribution is 2.63. The third-order valence-electron chi connectivity index (χ3n) is 3.39. The summed E-state index contributed by atoms with van der Waals surface area (Å²) in [4.78, 5) is 11.5. The zero-order chi connectivity index (χ0) is 8.06. The molecule has 0 saturated heterocycles. The maximum Gasteiger partial charge on any atom is 0.142 e. The van der Waals surface area contributed by atoms with Crippen LogP contribution in [0.1, 0.15) is 26.2 Å². The van der Waals surface area contributed by atoms with Crippen molar-refractivity contribution < 1.29 is 9.90 Å². The van der Waals surface area contributed by atoms with Crippen molar-refractivity contribution in [2.24, 2.45) is 17.3 Å². The van der Waals surface area contributed by atoms with Gasteiger partial charge in [0.1, 0.15) is 5.78 Å². The van der Waals surface area contributed by atoms with Crippen LogP contribution in [0.25, 0.3) is 0 Å². The smallest absolute Gasteiger partial charge is 0.142 e. The zero-order valence-corrected chi connectivity index (χ0v) is 6.84. The maximum absolute atomic E-state index is 11.5. The minimum atomic E-state index is 0.0415. The van der Waals surface area contributed by atoms with Crippen molar-refractivity contribution in [1.29, 1.82) is 0 Å². The quantitative estimate of drug-likeness (QED) is 0.644. The van der Waals surface area contributed by atoms with Gasteiger partial charge in [-0.1, -0.05) is 6.92 Å². The lowest BCUT2D eigenvalue weighted by Gasteiger charge is -2.09. The first-order chi connectivity index (χ1) is 5.18. The SMILES string of the molecule is CC12CC1CC(CCO)C2=O. The fourth-order valence-corrected chi connectivity index (χ4v) is 2.42. The molecule has 11 heavy (non-hydrogen) atoms. The minimum absolute atomic E-state index is 0.0415. The second-order valence-electron chi connectivity index (χ2n) is 4.13. The van der Waals surface area contributed by atoms with Crippen molar-refractivity contribution in [3.05, 3.63) is 0 Å². The lowest BCUT2D eigenvalue weighted by molar-refractivity contribution is -0.126. The van der Waals surface area contributed by atoms with Gasteiger partial charge < -0.3 is 5.11 Å². The zero-order valence-electron chi connectivity index (χ0n) is 6.84. The topological polar surface area (TPSA) is 37.3 Å². The lowest BCUT2D eigenvalue weighted by Crippen LogP contribution is -2.17. The number of hydrogen-bond acceptors (Lipinski definition) is 2. The lowest BCUT2D eigenvalue weighted by atomic mass is 9.95. The summed E-state index contributed by atoms with van der Waals surface area (Å²) in [5, 5.41) is 8.68. The van der Waals surface area contributed by atoms with Crippen LogP contribution in [0.5, 0.6) is 0 Å². The summed E-state index contributed by atoms with van der Waals surface area (Å²) in [6.07, 6.45) is 2.83. The van der Waals surface area contributed by atoms with E-state index in [4.69, 9.17) is 5.11 Å². The maximum atomic E-state index is 11.5. The van der Waals surface area contributed by atoms with Gasteiger partial charge in [0.15, 0.2) is 0 Å². The van der Waals surface area contributed by atoms with Gasteiger partial charge >= 0.3 is 0 Å². The molecule has 0 spiro atoms. The number of carbonyl (C=O) groups is 1. The summed E-state index contributed by atoms with van der Waals surface area (Å²) < 4.78 is 0. The first-order valence-corrected chi connectivity index (χ1v) is 4.33. The molecule has 2 nitrogen and oxygen atoms in total. The Bertz CT molecular complexity index is 200. The van der Waals surface area contributed by atoms with E-state index < -0.39 is 0 Å². The molecule has 0 amide bonds. The fraction of sp³-hybridized carbons (Fsp3) is 0.889. The van der Waals surface area contributed by atoms with Gasteiger partial charge in [0.25, 0.3) is 0 Å². The summed E-state index contributed by atoms with van der Waals surface area (Å²) in [7, 11) is 0. The number of aliphatic hydroxyl groups excluding tert-OH is 1. The number of ketones is 1. The Balaban J connectivity index is 2.04. The van der Waals surface area contributed by atoms with E-state index in [1.165, 1.54) is 0 Å². The van der Waals surface area contributed by atoms with E-state index in [2.05, 4.69) is 6.92 Å². The van der Waals surface area contributed by atoms with Gasteiger partial charge in [0.05, 0.1) is 0 Å². The van der Waals surface area contributed by atoms with Gasteiger partial charge in [0.2, 0.25) is 0 Å². The van der Waals surface area contributed by atoms with Crippen LogP contribution in [-0.2, 0) is 4.79 Å². The average Bonchev–Trinajstić information content (AvgIpc) is 2.55. The van der Waals surface area contributed by atoms with Crippen LogP contribution in [0.4, 0.5) is 0 Å². The molecule has 0 aromatic carbocycles. The van der Waals surface area contributed by atoms with E-state index in [-0.39, 0.29) is 17.9 Å². The number of Topliss-reactive ketones (excluding diaryl/α,β-unsaturated/α-hetero) is 1. The van der Waals surface area contributed by atoms with Gasteiger partial charge in [-0.3, -0.25) is 4.79 Å². The summed E-state index contributed by atoms with van der Waals surface area (Å²) in [6.45, 7) is 2.23. The molecule has 3 unspecified atom stereocenters. The van der Waals surface area contributed by atoms with Crippen molar-refractivity contribution >= 4 is 5.78 Å². The van der Waals surface area contributed by atoms with Gasteiger partial charge in [-0.25, -0.2) is 0 Å². The van der Waals surface area contributed by atoms with Crippen molar-refractivity contribution in [3.63, 3.8) is 0 Å². The Morgan fingerprint density at radius 2 is 2.45 bits per heavy atom. The first kappa shape index (κ1) is 7.29. The van der Waals surface area contributed by atoms with Gasteiger partial charge in [0, 0.05) is 17.9 Å². The molecule has 0 aromatic rings. The Kier molecular flexibility index (Phi) is 1.37. The molecular weight excluding hydrogens is 140 g/mol. The predicted octanol–water partition coefficient (Wildman–Crippen LogP) is 0.984. The predicted molar refractivity (Wildman–Crippen MR) is 41.0 cm³/mol. The number of aliphatic hydroxyl groups is 1. The monoisotopic (exact) mass is 154 g/mol. The normalized spacial score (nSPS) is 47.6. The van der Waals surface area contributed by atoms with Crippen molar-refractivity contribution in [3.8, 4) is 0 Å². The molecule has 3 atom stereocenters. The largest absolute Gasteiger partial charge is 0.396 e. The van der Waals surface area contributed by atoms with Crippen LogP contribution in [-0.4, -0.2) is 17.5 Å². The second-order valence-corrected chi connectivity index (χ2v) is 4.13. The van der Waals surface area contributed by atoms with Crippen molar-refractivity contribution in [2.75, 3.05) is 6.61 Å². The Hall–Kier alpha value is -0.370. The molecule has 2 fully saturated rings. The molecule has 2 aliphatic rings. The minimum Gasteiger partial charge on any atom is -0.396 e. The summed E-state index contributed by atoms with van der Waals surface area (Å²) >= 11 is 0. The molecule has 0 bridgehead atoms.